The molecule has 2 aliphatic rings. The molecule has 1 unspecified atom stereocenters. The van der Waals surface area contributed by atoms with E-state index in [-0.39, 0.29) is 0 Å². The van der Waals surface area contributed by atoms with Crippen molar-refractivity contribution in [3.05, 3.63) is 30.3 Å². The van der Waals surface area contributed by atoms with Gasteiger partial charge < -0.3 is 5.11 Å². The summed E-state index contributed by atoms with van der Waals surface area (Å²) in [5.41, 5.74) is -0.823. The summed E-state index contributed by atoms with van der Waals surface area (Å²) in [5.74, 6) is 1.24. The summed E-state index contributed by atoms with van der Waals surface area (Å²) in [5, 5.41) is 11.6. The van der Waals surface area contributed by atoms with Gasteiger partial charge in [0.1, 0.15) is 0 Å². The van der Waals surface area contributed by atoms with Crippen molar-refractivity contribution in [3.8, 4) is 0 Å². The molecule has 0 spiro atoms. The molecule has 1 aromatic rings. The fourth-order valence-corrected chi connectivity index (χ4v) is 6.66. The number of fused-ring (bicyclic) bond motifs is 1. The van der Waals surface area contributed by atoms with Gasteiger partial charge in [-0.1, -0.05) is 69.6 Å². The van der Waals surface area contributed by atoms with Gasteiger partial charge in [-0.2, -0.15) is 0 Å². The molecule has 140 valence electrons. The Hall–Kier alpha value is -0.870. The van der Waals surface area contributed by atoms with Crippen molar-refractivity contribution in [1.29, 1.82) is 0 Å². The average Bonchev–Trinajstić information content (AvgIpc) is 3.40. The van der Waals surface area contributed by atoms with E-state index in [1.165, 1.54) is 44.9 Å². The van der Waals surface area contributed by atoms with E-state index in [4.69, 9.17) is 0 Å². The van der Waals surface area contributed by atoms with Crippen LogP contribution in [0.5, 0.6) is 0 Å². The highest BCUT2D eigenvalue weighted by molar-refractivity contribution is 7.93. The molecule has 1 N–H and O–H groups in total. The lowest BCUT2D eigenvalue weighted by molar-refractivity contribution is 0.0232. The second-order valence-electron chi connectivity index (χ2n) is 8.00. The number of rotatable bonds is 3. The van der Waals surface area contributed by atoms with Crippen LogP contribution in [0.25, 0.3) is 0 Å². The fourth-order valence-electron chi connectivity index (χ4n) is 4.54. The third kappa shape index (κ3) is 4.65. The highest BCUT2D eigenvalue weighted by Gasteiger charge is 2.52. The van der Waals surface area contributed by atoms with Gasteiger partial charge in [-0.15, -0.1) is 0 Å². The molecule has 0 aromatic heterocycles. The van der Waals surface area contributed by atoms with Crippen LogP contribution in [0.1, 0.15) is 64.2 Å². The lowest BCUT2D eigenvalue weighted by atomic mass is 9.89. The summed E-state index contributed by atoms with van der Waals surface area (Å²) in [6, 6.07) is 9.52. The minimum atomic E-state index is -2.56. The van der Waals surface area contributed by atoms with Crippen LogP contribution >= 0.6 is 0 Å². The van der Waals surface area contributed by atoms with Crippen LogP contribution in [0.2, 0.25) is 0 Å². The number of nitrogens with zero attached hydrogens (tertiary/aromatic N) is 1. The predicted octanol–water partition coefficient (Wildman–Crippen LogP) is 5.04. The number of hydrogen-bond donors (Lipinski definition) is 1. The maximum absolute atomic E-state index is 13.5. The van der Waals surface area contributed by atoms with Crippen LogP contribution in [0.4, 0.5) is 0 Å². The zero-order valence-electron chi connectivity index (χ0n) is 15.5. The molecule has 4 heteroatoms. The first-order valence-corrected chi connectivity index (χ1v) is 11.7. The first-order valence-electron chi connectivity index (χ1n) is 9.98. The van der Waals surface area contributed by atoms with Gasteiger partial charge in [-0.25, -0.2) is 8.57 Å². The maximum Gasteiger partial charge on any atom is 0.0805 e. The highest BCUT2D eigenvalue weighted by atomic mass is 32.2. The van der Waals surface area contributed by atoms with Crippen molar-refractivity contribution in [1.82, 2.24) is 0 Å². The van der Waals surface area contributed by atoms with Crippen molar-refractivity contribution >= 4 is 9.73 Å². The van der Waals surface area contributed by atoms with E-state index in [1.807, 2.05) is 30.3 Å². The Morgan fingerprint density at radius 2 is 1.72 bits per heavy atom. The minimum absolute atomic E-state index is 0.293. The molecular weight excluding hydrogens is 330 g/mol. The van der Waals surface area contributed by atoms with Gasteiger partial charge in [0.2, 0.25) is 0 Å². The topological polar surface area (TPSA) is 49.7 Å². The smallest absolute Gasteiger partial charge is 0.0805 e. The second-order valence-corrected chi connectivity index (χ2v) is 10.4. The van der Waals surface area contributed by atoms with Crippen molar-refractivity contribution in [2.75, 3.05) is 12.8 Å². The normalized spacial score (nSPS) is 33.2. The molecule has 0 amide bonds. The number of hydrogen-bond acceptors (Lipinski definition) is 3. The Kier molecular flexibility index (Phi) is 6.21. The second kappa shape index (κ2) is 8.22. The fraction of sp³-hybridized carbons (Fsp3) is 0.714. The third-order valence-corrected chi connectivity index (χ3v) is 8.64. The molecule has 2 fully saturated rings. The van der Waals surface area contributed by atoms with Gasteiger partial charge in [0.25, 0.3) is 0 Å². The quantitative estimate of drug-likeness (QED) is 0.818. The van der Waals surface area contributed by atoms with Gasteiger partial charge in [-0.05, 0) is 36.8 Å². The van der Waals surface area contributed by atoms with E-state index in [2.05, 4.69) is 4.36 Å². The molecule has 0 radical (unpaired) electrons. The Bertz CT molecular complexity index is 666. The predicted molar refractivity (Wildman–Crippen MR) is 104 cm³/mol. The molecular formula is C21H33NO2S. The molecule has 1 aromatic carbocycles. The SMILES string of the molecule is CN=S(=O)(C[C@@]1(O)CCCCCCCCC[C@H]2C[C@@H]21)c1ccccc1. The van der Waals surface area contributed by atoms with E-state index < -0.39 is 15.3 Å². The van der Waals surface area contributed by atoms with Crippen LogP contribution in [-0.4, -0.2) is 27.7 Å². The van der Waals surface area contributed by atoms with Crippen molar-refractivity contribution in [2.45, 2.75) is 74.7 Å². The summed E-state index contributed by atoms with van der Waals surface area (Å²) in [6.07, 6.45) is 11.9. The Labute approximate surface area is 153 Å². The Morgan fingerprint density at radius 1 is 1.08 bits per heavy atom. The maximum atomic E-state index is 13.5. The number of aliphatic hydroxyl groups is 1. The Balaban J connectivity index is 1.80. The van der Waals surface area contributed by atoms with Gasteiger partial charge in [0.05, 0.1) is 21.1 Å². The van der Waals surface area contributed by atoms with Crippen LogP contribution in [0, 0.1) is 11.8 Å². The third-order valence-electron chi connectivity index (χ3n) is 6.15. The average molecular weight is 364 g/mol. The lowest BCUT2D eigenvalue weighted by Gasteiger charge is -2.31. The van der Waals surface area contributed by atoms with Crippen molar-refractivity contribution in [2.24, 2.45) is 16.2 Å². The summed E-state index contributed by atoms with van der Waals surface area (Å²) in [6.45, 7) is 0. The van der Waals surface area contributed by atoms with E-state index in [1.54, 1.807) is 7.05 Å². The van der Waals surface area contributed by atoms with Crippen molar-refractivity contribution < 1.29 is 9.32 Å². The molecule has 0 saturated heterocycles. The van der Waals surface area contributed by atoms with Gasteiger partial charge in [0, 0.05) is 11.9 Å². The molecule has 2 aliphatic carbocycles. The van der Waals surface area contributed by atoms with Gasteiger partial charge >= 0.3 is 0 Å². The summed E-state index contributed by atoms with van der Waals surface area (Å²) < 4.78 is 17.8. The summed E-state index contributed by atoms with van der Waals surface area (Å²) >= 11 is 0. The zero-order valence-corrected chi connectivity index (χ0v) is 16.3. The van der Waals surface area contributed by atoms with E-state index in [0.717, 1.165) is 24.2 Å². The molecule has 0 heterocycles. The molecule has 0 aliphatic heterocycles. The van der Waals surface area contributed by atoms with Crippen LogP contribution < -0.4 is 0 Å². The van der Waals surface area contributed by atoms with Crippen LogP contribution in [-0.2, 0) is 9.73 Å². The summed E-state index contributed by atoms with van der Waals surface area (Å²) in [4.78, 5) is 0.759. The highest BCUT2D eigenvalue weighted by Crippen LogP contribution is 2.52. The zero-order chi connectivity index (χ0) is 17.8. The van der Waals surface area contributed by atoms with Gasteiger partial charge in [-0.3, -0.25) is 0 Å². The van der Waals surface area contributed by atoms with Crippen LogP contribution in [0.15, 0.2) is 39.6 Å². The number of benzene rings is 1. The molecule has 3 nitrogen and oxygen atoms in total. The molecule has 4 atom stereocenters. The summed E-state index contributed by atoms with van der Waals surface area (Å²) in [7, 11) is -0.923. The molecule has 25 heavy (non-hydrogen) atoms. The van der Waals surface area contributed by atoms with Crippen LogP contribution in [0.3, 0.4) is 0 Å². The van der Waals surface area contributed by atoms with E-state index >= 15 is 0 Å². The first kappa shape index (κ1) is 18.9. The first-order chi connectivity index (χ1) is 12.1. The van der Waals surface area contributed by atoms with E-state index in [9.17, 15) is 9.32 Å². The minimum Gasteiger partial charge on any atom is -0.389 e. The standard InChI is InChI=1S/C21H33NO2S/c1-22-25(24,19-13-9-7-10-14-19)17-21(23)15-11-6-4-2-3-5-8-12-18-16-20(18)21/h7,9-10,13-14,18,20,23H,2-6,8,11-12,15-17H2,1H3/t18-,20-,21-,25?/m0/s1. The van der Waals surface area contributed by atoms with E-state index in [0.29, 0.717) is 17.6 Å². The molecule has 3 rings (SSSR count). The Morgan fingerprint density at radius 3 is 2.40 bits per heavy atom. The molecule has 0 bridgehead atoms. The van der Waals surface area contributed by atoms with Gasteiger partial charge in [0.15, 0.2) is 0 Å². The lowest BCUT2D eigenvalue weighted by Crippen LogP contribution is -2.40. The van der Waals surface area contributed by atoms with Crippen molar-refractivity contribution in [3.63, 3.8) is 0 Å². The largest absolute Gasteiger partial charge is 0.389 e. The molecule has 2 saturated carbocycles. The monoisotopic (exact) mass is 363 g/mol.